The highest BCUT2D eigenvalue weighted by atomic mass is 35.5. The van der Waals surface area contributed by atoms with E-state index < -0.39 is 5.82 Å². The van der Waals surface area contributed by atoms with Crippen LogP contribution in [-0.4, -0.2) is 10.1 Å². The predicted octanol–water partition coefficient (Wildman–Crippen LogP) is 4.09. The monoisotopic (exact) mass is 303 g/mol. The molecular weight excluding hydrogens is 293 g/mol. The van der Waals surface area contributed by atoms with Crippen molar-refractivity contribution in [2.45, 2.75) is 6.92 Å². The minimum atomic E-state index is -0.417. The molecule has 1 heterocycles. The highest BCUT2D eigenvalue weighted by Gasteiger charge is 2.15. The lowest BCUT2D eigenvalue weighted by molar-refractivity contribution is 0.432. The molecule has 6 heteroatoms. The molecule has 0 aliphatic heterocycles. The zero-order valence-electron chi connectivity index (χ0n) is 11.1. The minimum absolute atomic E-state index is 0.228. The van der Waals surface area contributed by atoms with Crippen molar-refractivity contribution in [1.82, 2.24) is 10.1 Å². The number of nitrogens with zero attached hydrogens (tertiary/aromatic N) is 2. The summed E-state index contributed by atoms with van der Waals surface area (Å²) in [5.41, 5.74) is 8.63. The first kappa shape index (κ1) is 13.6. The van der Waals surface area contributed by atoms with E-state index in [0.717, 1.165) is 11.1 Å². The lowest BCUT2D eigenvalue weighted by Crippen LogP contribution is -1.92. The molecule has 0 fully saturated rings. The van der Waals surface area contributed by atoms with Crippen LogP contribution in [0.1, 0.15) is 5.56 Å². The molecule has 0 saturated carbocycles. The molecule has 2 N–H and O–H groups in total. The maximum atomic E-state index is 13.1. The Morgan fingerprint density at radius 1 is 1.19 bits per heavy atom. The molecule has 4 nitrogen and oxygen atoms in total. The Balaban J connectivity index is 2.06. The molecule has 106 valence electrons. The molecule has 21 heavy (non-hydrogen) atoms. The molecule has 0 atom stereocenters. The van der Waals surface area contributed by atoms with Crippen molar-refractivity contribution in [3.8, 4) is 22.8 Å². The van der Waals surface area contributed by atoms with E-state index in [1.165, 1.54) is 18.2 Å². The van der Waals surface area contributed by atoms with E-state index in [9.17, 15) is 4.39 Å². The quantitative estimate of drug-likeness (QED) is 0.724. The summed E-state index contributed by atoms with van der Waals surface area (Å²) in [6.45, 7) is 1.87. The van der Waals surface area contributed by atoms with Gasteiger partial charge in [-0.1, -0.05) is 22.8 Å². The molecule has 3 aromatic rings. The summed E-state index contributed by atoms with van der Waals surface area (Å²) in [5.74, 6) is 0.228. The molecule has 0 spiro atoms. The molecule has 0 aliphatic carbocycles. The molecule has 0 amide bonds. The second kappa shape index (κ2) is 5.18. The fourth-order valence-electron chi connectivity index (χ4n) is 2.00. The fraction of sp³-hybridized carbons (Fsp3) is 0.0667. The smallest absolute Gasteiger partial charge is 0.258 e. The maximum absolute atomic E-state index is 13.1. The summed E-state index contributed by atoms with van der Waals surface area (Å²) in [6, 6.07) is 9.47. The average Bonchev–Trinajstić information content (AvgIpc) is 2.91. The van der Waals surface area contributed by atoms with Gasteiger partial charge in [-0.05, 0) is 42.8 Å². The van der Waals surface area contributed by atoms with Crippen LogP contribution in [0.3, 0.4) is 0 Å². The van der Waals surface area contributed by atoms with Crippen molar-refractivity contribution < 1.29 is 8.91 Å². The van der Waals surface area contributed by atoms with Gasteiger partial charge in [-0.2, -0.15) is 4.98 Å². The predicted molar refractivity (Wildman–Crippen MR) is 79.3 cm³/mol. The Morgan fingerprint density at radius 3 is 2.76 bits per heavy atom. The van der Waals surface area contributed by atoms with Gasteiger partial charge in [0.15, 0.2) is 0 Å². The molecule has 2 aromatic carbocycles. The lowest BCUT2D eigenvalue weighted by atomic mass is 10.1. The largest absolute Gasteiger partial charge is 0.398 e. The van der Waals surface area contributed by atoms with Crippen molar-refractivity contribution in [1.29, 1.82) is 0 Å². The van der Waals surface area contributed by atoms with Crippen molar-refractivity contribution >= 4 is 17.3 Å². The van der Waals surface area contributed by atoms with E-state index in [-0.39, 0.29) is 5.02 Å². The standard InChI is InChI=1S/C15H11ClFN3O/c1-8-10(3-2-4-13(8)18)15-19-14(20-21-15)11-6-5-9(17)7-12(11)16/h2-7H,18H2,1H3. The number of benzene rings is 2. The third-order valence-corrected chi connectivity index (χ3v) is 3.52. The summed E-state index contributed by atoms with van der Waals surface area (Å²) in [5, 5.41) is 4.12. The van der Waals surface area contributed by atoms with Gasteiger partial charge in [0.25, 0.3) is 5.89 Å². The van der Waals surface area contributed by atoms with Crippen LogP contribution in [0.15, 0.2) is 40.9 Å². The zero-order chi connectivity index (χ0) is 15.0. The van der Waals surface area contributed by atoms with E-state index in [0.29, 0.717) is 23.0 Å². The summed E-state index contributed by atoms with van der Waals surface area (Å²) in [4.78, 5) is 4.30. The third kappa shape index (κ3) is 2.48. The first-order valence-electron chi connectivity index (χ1n) is 6.21. The van der Waals surface area contributed by atoms with Gasteiger partial charge in [-0.25, -0.2) is 4.39 Å². The van der Waals surface area contributed by atoms with E-state index in [2.05, 4.69) is 10.1 Å². The molecule has 1 aromatic heterocycles. The van der Waals surface area contributed by atoms with Crippen molar-refractivity contribution in [3.63, 3.8) is 0 Å². The maximum Gasteiger partial charge on any atom is 0.258 e. The average molecular weight is 304 g/mol. The number of halogens is 2. The summed E-state index contributed by atoms with van der Waals surface area (Å²) in [7, 11) is 0. The van der Waals surface area contributed by atoms with Crippen LogP contribution in [0, 0.1) is 12.7 Å². The number of anilines is 1. The van der Waals surface area contributed by atoms with Crippen LogP contribution in [0.4, 0.5) is 10.1 Å². The first-order chi connectivity index (χ1) is 10.1. The van der Waals surface area contributed by atoms with E-state index in [1.807, 2.05) is 19.1 Å². The van der Waals surface area contributed by atoms with E-state index in [1.54, 1.807) is 6.07 Å². The van der Waals surface area contributed by atoms with Crippen LogP contribution < -0.4 is 5.73 Å². The Hall–Kier alpha value is -2.40. The molecule has 0 aliphatic rings. The topological polar surface area (TPSA) is 64.9 Å². The van der Waals surface area contributed by atoms with Crippen LogP contribution in [0.25, 0.3) is 22.8 Å². The number of aromatic nitrogens is 2. The first-order valence-corrected chi connectivity index (χ1v) is 6.58. The van der Waals surface area contributed by atoms with Crippen molar-refractivity contribution in [2.75, 3.05) is 5.73 Å². The number of nitrogen functional groups attached to an aromatic ring is 1. The Bertz CT molecular complexity index is 816. The SMILES string of the molecule is Cc1c(N)cccc1-c1nc(-c2ccc(F)cc2Cl)no1. The fourth-order valence-corrected chi connectivity index (χ4v) is 2.25. The second-order valence-electron chi connectivity index (χ2n) is 4.57. The highest BCUT2D eigenvalue weighted by molar-refractivity contribution is 6.33. The summed E-state index contributed by atoms with van der Waals surface area (Å²) >= 11 is 5.99. The van der Waals surface area contributed by atoms with Crippen LogP contribution >= 0.6 is 11.6 Å². The Morgan fingerprint density at radius 2 is 2.00 bits per heavy atom. The van der Waals surface area contributed by atoms with E-state index >= 15 is 0 Å². The zero-order valence-corrected chi connectivity index (χ0v) is 11.9. The number of rotatable bonds is 2. The van der Waals surface area contributed by atoms with Gasteiger partial charge < -0.3 is 10.3 Å². The number of hydrogen-bond acceptors (Lipinski definition) is 4. The highest BCUT2D eigenvalue weighted by Crippen LogP contribution is 2.30. The minimum Gasteiger partial charge on any atom is -0.398 e. The molecule has 0 saturated heterocycles. The van der Waals surface area contributed by atoms with Crippen molar-refractivity contribution in [2.24, 2.45) is 0 Å². The number of nitrogens with two attached hydrogens (primary N) is 1. The van der Waals surface area contributed by atoms with Gasteiger partial charge in [0.1, 0.15) is 5.82 Å². The normalized spacial score (nSPS) is 10.8. The third-order valence-electron chi connectivity index (χ3n) is 3.20. The summed E-state index contributed by atoms with van der Waals surface area (Å²) in [6.07, 6.45) is 0. The van der Waals surface area contributed by atoms with E-state index in [4.69, 9.17) is 21.9 Å². The Labute approximate surface area is 125 Å². The van der Waals surface area contributed by atoms with Gasteiger partial charge in [0, 0.05) is 16.8 Å². The van der Waals surface area contributed by atoms with Crippen LogP contribution in [0.2, 0.25) is 5.02 Å². The van der Waals surface area contributed by atoms with Crippen LogP contribution in [0.5, 0.6) is 0 Å². The van der Waals surface area contributed by atoms with Crippen LogP contribution in [-0.2, 0) is 0 Å². The molecule has 0 unspecified atom stereocenters. The number of hydrogen-bond donors (Lipinski definition) is 1. The summed E-state index contributed by atoms with van der Waals surface area (Å²) < 4.78 is 18.3. The molecule has 3 rings (SSSR count). The molecule has 0 radical (unpaired) electrons. The van der Waals surface area contributed by atoms with Gasteiger partial charge in [-0.15, -0.1) is 0 Å². The lowest BCUT2D eigenvalue weighted by Gasteiger charge is -2.03. The van der Waals surface area contributed by atoms with Gasteiger partial charge in [0.2, 0.25) is 5.82 Å². The molecule has 0 bridgehead atoms. The second-order valence-corrected chi connectivity index (χ2v) is 4.97. The van der Waals surface area contributed by atoms with Crippen molar-refractivity contribution in [3.05, 3.63) is 52.8 Å². The molecular formula is C15H11ClFN3O. The Kier molecular flexibility index (Phi) is 3.35. The van der Waals surface area contributed by atoms with Gasteiger partial charge >= 0.3 is 0 Å². The van der Waals surface area contributed by atoms with Gasteiger partial charge in [0.05, 0.1) is 5.02 Å². The van der Waals surface area contributed by atoms with Gasteiger partial charge in [-0.3, -0.25) is 0 Å².